The highest BCUT2D eigenvalue weighted by Crippen LogP contribution is 2.07. The van der Waals surface area contributed by atoms with Crippen LogP contribution in [0.3, 0.4) is 0 Å². The Bertz CT molecular complexity index is 245. The van der Waals surface area contributed by atoms with Gasteiger partial charge in [-0.2, -0.15) is 0 Å². The number of rotatable bonds is 6. The van der Waals surface area contributed by atoms with E-state index >= 15 is 0 Å². The van der Waals surface area contributed by atoms with Crippen molar-refractivity contribution in [3.63, 3.8) is 0 Å². The van der Waals surface area contributed by atoms with Crippen molar-refractivity contribution in [2.75, 3.05) is 25.6 Å². The van der Waals surface area contributed by atoms with E-state index in [1.807, 2.05) is 13.1 Å². The largest absolute Gasteiger partial charge is 0.383 e. The smallest absolute Gasteiger partial charge is 0.203 e. The minimum absolute atomic E-state index is 0.719. The van der Waals surface area contributed by atoms with Crippen LogP contribution in [0.15, 0.2) is 6.20 Å². The molecule has 0 aliphatic rings. The Kier molecular flexibility index (Phi) is 4.46. The molecule has 0 saturated heterocycles. The van der Waals surface area contributed by atoms with Crippen LogP contribution in [0, 0.1) is 6.92 Å². The van der Waals surface area contributed by atoms with E-state index in [0.29, 0.717) is 0 Å². The van der Waals surface area contributed by atoms with Gasteiger partial charge in [-0.05, 0) is 13.3 Å². The molecule has 14 heavy (non-hydrogen) atoms. The van der Waals surface area contributed by atoms with Crippen molar-refractivity contribution < 1.29 is 4.74 Å². The van der Waals surface area contributed by atoms with E-state index in [2.05, 4.69) is 21.8 Å². The van der Waals surface area contributed by atoms with E-state index in [1.54, 1.807) is 7.11 Å². The third kappa shape index (κ3) is 3.03. The third-order valence-electron chi connectivity index (χ3n) is 1.97. The van der Waals surface area contributed by atoms with E-state index < -0.39 is 0 Å². The van der Waals surface area contributed by atoms with Gasteiger partial charge < -0.3 is 14.6 Å². The van der Waals surface area contributed by atoms with E-state index in [1.165, 1.54) is 0 Å². The van der Waals surface area contributed by atoms with Gasteiger partial charge in [0, 0.05) is 26.4 Å². The van der Waals surface area contributed by atoms with Gasteiger partial charge in [-0.15, -0.1) is 0 Å². The molecule has 0 amide bonds. The summed E-state index contributed by atoms with van der Waals surface area (Å²) in [6.45, 7) is 6.67. The van der Waals surface area contributed by atoms with Crippen LogP contribution in [0.1, 0.15) is 19.0 Å². The van der Waals surface area contributed by atoms with Gasteiger partial charge in [0.1, 0.15) is 0 Å². The van der Waals surface area contributed by atoms with Gasteiger partial charge in [0.05, 0.1) is 12.3 Å². The number of anilines is 1. The number of aryl methyl sites for hydroxylation is 1. The van der Waals surface area contributed by atoms with Gasteiger partial charge in [0.15, 0.2) is 0 Å². The van der Waals surface area contributed by atoms with Crippen LogP contribution in [0.2, 0.25) is 0 Å². The van der Waals surface area contributed by atoms with Crippen LogP contribution in [-0.2, 0) is 11.3 Å². The molecule has 0 aliphatic carbocycles. The highest BCUT2D eigenvalue weighted by Gasteiger charge is 2.03. The molecule has 1 N–H and O–H groups in total. The molecule has 4 nitrogen and oxygen atoms in total. The standard InChI is InChI=1S/C10H19N3O/c1-4-5-11-10-12-9(2)8-13(10)6-7-14-3/h8H,4-7H2,1-3H3,(H,11,12). The van der Waals surface area contributed by atoms with Crippen LogP contribution in [0.4, 0.5) is 5.95 Å². The molecule has 0 unspecified atom stereocenters. The summed E-state index contributed by atoms with van der Waals surface area (Å²) in [6.07, 6.45) is 3.15. The average Bonchev–Trinajstić information content (AvgIpc) is 2.52. The van der Waals surface area contributed by atoms with Gasteiger partial charge in [-0.1, -0.05) is 6.92 Å². The van der Waals surface area contributed by atoms with Crippen LogP contribution in [-0.4, -0.2) is 29.8 Å². The number of methoxy groups -OCH3 is 1. The fraction of sp³-hybridized carbons (Fsp3) is 0.700. The first kappa shape index (κ1) is 11.0. The molecule has 1 heterocycles. The molecule has 1 aromatic rings. The summed E-state index contributed by atoms with van der Waals surface area (Å²) in [4.78, 5) is 4.40. The lowest BCUT2D eigenvalue weighted by atomic mass is 10.5. The van der Waals surface area contributed by atoms with Crippen molar-refractivity contribution in [2.24, 2.45) is 0 Å². The molecule has 1 aromatic heterocycles. The summed E-state index contributed by atoms with van der Waals surface area (Å²) < 4.78 is 7.13. The molecule has 0 saturated carbocycles. The molecule has 4 heteroatoms. The molecule has 0 aromatic carbocycles. The minimum Gasteiger partial charge on any atom is -0.383 e. The topological polar surface area (TPSA) is 39.1 Å². The van der Waals surface area contributed by atoms with Gasteiger partial charge in [-0.25, -0.2) is 4.98 Å². The zero-order valence-corrected chi connectivity index (χ0v) is 9.21. The molecule has 0 radical (unpaired) electrons. The summed E-state index contributed by atoms with van der Waals surface area (Å²) in [5.74, 6) is 0.946. The summed E-state index contributed by atoms with van der Waals surface area (Å²) in [5, 5.41) is 3.29. The first-order valence-electron chi connectivity index (χ1n) is 5.04. The second-order valence-corrected chi connectivity index (χ2v) is 3.32. The van der Waals surface area contributed by atoms with Crippen molar-refractivity contribution in [3.05, 3.63) is 11.9 Å². The number of nitrogens with one attached hydrogen (secondary N) is 1. The minimum atomic E-state index is 0.719. The number of hydrogen-bond donors (Lipinski definition) is 1. The maximum atomic E-state index is 5.04. The number of hydrogen-bond acceptors (Lipinski definition) is 3. The molecular weight excluding hydrogens is 178 g/mol. The van der Waals surface area contributed by atoms with Crippen LogP contribution < -0.4 is 5.32 Å². The molecule has 1 rings (SSSR count). The second-order valence-electron chi connectivity index (χ2n) is 3.32. The lowest BCUT2D eigenvalue weighted by Gasteiger charge is -2.07. The Morgan fingerprint density at radius 1 is 1.57 bits per heavy atom. The third-order valence-corrected chi connectivity index (χ3v) is 1.97. The molecular formula is C10H19N3O. The first-order valence-corrected chi connectivity index (χ1v) is 5.04. The monoisotopic (exact) mass is 197 g/mol. The van der Waals surface area contributed by atoms with E-state index in [9.17, 15) is 0 Å². The summed E-state index contributed by atoms with van der Waals surface area (Å²) in [7, 11) is 1.71. The summed E-state index contributed by atoms with van der Waals surface area (Å²) in [5.41, 5.74) is 1.04. The Morgan fingerprint density at radius 2 is 2.36 bits per heavy atom. The molecule has 0 bridgehead atoms. The van der Waals surface area contributed by atoms with Gasteiger partial charge in [0.2, 0.25) is 5.95 Å². The molecule has 80 valence electrons. The van der Waals surface area contributed by atoms with E-state index in [0.717, 1.165) is 37.8 Å². The molecule has 0 fully saturated rings. The number of aromatic nitrogens is 2. The maximum Gasteiger partial charge on any atom is 0.203 e. The SMILES string of the molecule is CCCNc1nc(C)cn1CCOC. The number of ether oxygens (including phenoxy) is 1. The number of imidazole rings is 1. The molecule has 0 aliphatic heterocycles. The Hall–Kier alpha value is -1.03. The maximum absolute atomic E-state index is 5.04. The van der Waals surface area contributed by atoms with Crippen molar-refractivity contribution in [1.29, 1.82) is 0 Å². The van der Waals surface area contributed by atoms with Gasteiger partial charge >= 0.3 is 0 Å². The number of nitrogens with zero attached hydrogens (tertiary/aromatic N) is 2. The zero-order chi connectivity index (χ0) is 10.4. The molecule has 0 atom stereocenters. The summed E-state index contributed by atoms with van der Waals surface area (Å²) >= 11 is 0. The predicted octanol–water partition coefficient (Wildman–Crippen LogP) is 1.66. The molecule has 0 spiro atoms. The zero-order valence-electron chi connectivity index (χ0n) is 9.21. The Balaban J connectivity index is 2.60. The van der Waals surface area contributed by atoms with Gasteiger partial charge in [0.25, 0.3) is 0 Å². The van der Waals surface area contributed by atoms with Crippen molar-refractivity contribution >= 4 is 5.95 Å². The van der Waals surface area contributed by atoms with Crippen LogP contribution in [0.25, 0.3) is 0 Å². The Morgan fingerprint density at radius 3 is 3.00 bits per heavy atom. The average molecular weight is 197 g/mol. The van der Waals surface area contributed by atoms with Crippen LogP contribution >= 0.6 is 0 Å². The van der Waals surface area contributed by atoms with E-state index in [-0.39, 0.29) is 0 Å². The van der Waals surface area contributed by atoms with Gasteiger partial charge in [-0.3, -0.25) is 0 Å². The fourth-order valence-electron chi connectivity index (χ4n) is 1.28. The lowest BCUT2D eigenvalue weighted by molar-refractivity contribution is 0.187. The highest BCUT2D eigenvalue weighted by atomic mass is 16.5. The predicted molar refractivity (Wildman–Crippen MR) is 57.6 cm³/mol. The van der Waals surface area contributed by atoms with Crippen molar-refractivity contribution in [3.8, 4) is 0 Å². The first-order chi connectivity index (χ1) is 6.77. The fourth-order valence-corrected chi connectivity index (χ4v) is 1.28. The van der Waals surface area contributed by atoms with E-state index in [4.69, 9.17) is 4.74 Å². The second kappa shape index (κ2) is 5.65. The highest BCUT2D eigenvalue weighted by molar-refractivity contribution is 5.28. The quantitative estimate of drug-likeness (QED) is 0.753. The van der Waals surface area contributed by atoms with Crippen LogP contribution in [0.5, 0.6) is 0 Å². The van der Waals surface area contributed by atoms with Crippen molar-refractivity contribution in [1.82, 2.24) is 9.55 Å². The Labute approximate surface area is 85.3 Å². The van der Waals surface area contributed by atoms with Crippen molar-refractivity contribution in [2.45, 2.75) is 26.8 Å². The normalized spacial score (nSPS) is 10.5. The summed E-state index contributed by atoms with van der Waals surface area (Å²) in [6, 6.07) is 0. The lowest BCUT2D eigenvalue weighted by Crippen LogP contribution is -2.10.